The number of halogens is 2. The second-order valence-electron chi connectivity index (χ2n) is 5.94. The van der Waals surface area contributed by atoms with Crippen molar-refractivity contribution >= 4 is 16.6 Å². The van der Waals surface area contributed by atoms with Crippen LogP contribution in [0.5, 0.6) is 5.75 Å². The molecule has 0 radical (unpaired) electrons. The summed E-state index contributed by atoms with van der Waals surface area (Å²) in [6.07, 6.45) is 1.16. The first-order valence-corrected chi connectivity index (χ1v) is 8.30. The van der Waals surface area contributed by atoms with E-state index in [2.05, 4.69) is 15.0 Å². The predicted molar refractivity (Wildman–Crippen MR) is 97.7 cm³/mol. The smallest absolute Gasteiger partial charge is 0.387 e. The Kier molecular flexibility index (Phi) is 5.79. The summed E-state index contributed by atoms with van der Waals surface area (Å²) in [5, 5.41) is 23.2. The Hall–Kier alpha value is -3.24. The van der Waals surface area contributed by atoms with Crippen molar-refractivity contribution in [3.05, 3.63) is 65.9 Å². The number of hydrogen-bond donors (Lipinski definition) is 2. The lowest BCUT2D eigenvalue weighted by Crippen LogP contribution is -2.22. The Morgan fingerprint density at radius 3 is 2.67 bits per heavy atom. The Morgan fingerprint density at radius 1 is 1.19 bits per heavy atom. The second kappa shape index (κ2) is 8.43. The van der Waals surface area contributed by atoms with E-state index in [1.807, 2.05) is 36.4 Å². The number of aliphatic hydroxyl groups excluding tert-OH is 1. The fourth-order valence-electron chi connectivity index (χ4n) is 2.80. The molecule has 0 bridgehead atoms. The number of hydrogen-bond acceptors (Lipinski definition) is 5. The second-order valence-corrected chi connectivity index (χ2v) is 5.94. The van der Waals surface area contributed by atoms with Crippen molar-refractivity contribution < 1.29 is 18.6 Å². The number of nitrogens with zero attached hydrogens (tertiary/aromatic N) is 2. The molecule has 5 nitrogen and oxygen atoms in total. The maximum atomic E-state index is 12.5. The third kappa shape index (κ3) is 4.68. The van der Waals surface area contributed by atoms with Crippen LogP contribution in [0.15, 0.2) is 54.7 Å². The van der Waals surface area contributed by atoms with Gasteiger partial charge in [0.25, 0.3) is 0 Å². The first-order valence-electron chi connectivity index (χ1n) is 8.30. The first kappa shape index (κ1) is 18.5. The Bertz CT molecular complexity index is 959. The van der Waals surface area contributed by atoms with Crippen LogP contribution < -0.4 is 10.1 Å². The van der Waals surface area contributed by atoms with Gasteiger partial charge in [0.15, 0.2) is 0 Å². The van der Waals surface area contributed by atoms with Gasteiger partial charge in [-0.1, -0.05) is 30.3 Å². The topological polar surface area (TPSA) is 78.2 Å². The highest BCUT2D eigenvalue weighted by Crippen LogP contribution is 2.29. The molecule has 1 heterocycles. The molecule has 2 N–H and O–H groups in total. The van der Waals surface area contributed by atoms with E-state index in [9.17, 15) is 19.1 Å². The average Bonchev–Trinajstić information content (AvgIpc) is 2.66. The zero-order valence-electron chi connectivity index (χ0n) is 14.3. The van der Waals surface area contributed by atoms with Gasteiger partial charge in [0.1, 0.15) is 11.8 Å². The molecule has 0 amide bonds. The summed E-state index contributed by atoms with van der Waals surface area (Å²) in [4.78, 5) is 4.16. The number of pyridine rings is 1. The molecule has 1 atom stereocenters. The van der Waals surface area contributed by atoms with Crippen molar-refractivity contribution in [1.29, 1.82) is 5.26 Å². The molecule has 7 heteroatoms. The predicted octanol–water partition coefficient (Wildman–Crippen LogP) is 3.72. The van der Waals surface area contributed by atoms with Crippen LogP contribution in [0.4, 0.5) is 14.5 Å². The summed E-state index contributed by atoms with van der Waals surface area (Å²) in [5.74, 6) is -0.0257. The maximum absolute atomic E-state index is 12.5. The molecule has 3 aromatic rings. The molecular weight excluding hydrogens is 352 g/mol. The van der Waals surface area contributed by atoms with Crippen molar-refractivity contribution in [3.63, 3.8) is 0 Å². The zero-order valence-corrected chi connectivity index (χ0v) is 14.3. The van der Waals surface area contributed by atoms with Gasteiger partial charge in [-0.05, 0) is 23.8 Å². The fraction of sp³-hybridized carbons (Fsp3) is 0.200. The highest BCUT2D eigenvalue weighted by Gasteiger charge is 2.13. The number of aromatic nitrogens is 1. The number of nitriles is 1. The van der Waals surface area contributed by atoms with Crippen LogP contribution in [-0.2, 0) is 6.42 Å². The minimum atomic E-state index is -2.95. The van der Waals surface area contributed by atoms with Gasteiger partial charge in [-0.15, -0.1) is 0 Å². The molecular formula is C20H17F2N3O2. The van der Waals surface area contributed by atoms with Crippen molar-refractivity contribution in [3.8, 4) is 11.8 Å². The summed E-state index contributed by atoms with van der Waals surface area (Å²) in [6.45, 7) is -2.76. The lowest BCUT2D eigenvalue weighted by atomic mass is 10.1. The first-order chi connectivity index (χ1) is 13.1. The molecule has 1 aromatic heterocycles. The summed E-state index contributed by atoms with van der Waals surface area (Å²) in [7, 11) is 0. The van der Waals surface area contributed by atoms with E-state index in [1.165, 1.54) is 18.3 Å². The van der Waals surface area contributed by atoms with Gasteiger partial charge in [0.05, 0.1) is 22.9 Å². The van der Waals surface area contributed by atoms with Crippen LogP contribution in [0.3, 0.4) is 0 Å². The van der Waals surface area contributed by atoms with Gasteiger partial charge in [-0.2, -0.15) is 14.0 Å². The molecule has 0 spiro atoms. The third-order valence-electron chi connectivity index (χ3n) is 4.01. The Morgan fingerprint density at radius 2 is 1.96 bits per heavy atom. The van der Waals surface area contributed by atoms with E-state index >= 15 is 0 Å². The Labute approximate surface area is 154 Å². The molecule has 0 saturated carbocycles. The molecule has 138 valence electrons. The molecule has 0 aliphatic heterocycles. The number of anilines is 1. The number of alkyl halides is 2. The summed E-state index contributed by atoms with van der Waals surface area (Å²) >= 11 is 0. The van der Waals surface area contributed by atoms with E-state index in [0.29, 0.717) is 23.0 Å². The summed E-state index contributed by atoms with van der Waals surface area (Å²) < 4.78 is 29.4. The number of ether oxygens (including phenoxy) is 1. The average molecular weight is 369 g/mol. The quantitative estimate of drug-likeness (QED) is 0.664. The van der Waals surface area contributed by atoms with Gasteiger partial charge in [-0.3, -0.25) is 4.98 Å². The molecule has 0 aliphatic rings. The van der Waals surface area contributed by atoms with Crippen molar-refractivity contribution in [1.82, 2.24) is 4.98 Å². The van der Waals surface area contributed by atoms with Crippen LogP contribution in [-0.4, -0.2) is 29.4 Å². The number of aliphatic hydroxyl groups is 1. The van der Waals surface area contributed by atoms with E-state index < -0.39 is 12.7 Å². The van der Waals surface area contributed by atoms with Crippen LogP contribution in [0.1, 0.15) is 11.1 Å². The molecule has 0 aliphatic carbocycles. The van der Waals surface area contributed by atoms with Gasteiger partial charge in [0, 0.05) is 24.5 Å². The third-order valence-corrected chi connectivity index (χ3v) is 4.01. The molecule has 0 fully saturated rings. The lowest BCUT2D eigenvalue weighted by molar-refractivity contribution is -0.0497. The SMILES string of the molecule is N#Cc1cnc2ccc(OC(F)F)cc2c1NCC(O)Cc1ccccc1. The van der Waals surface area contributed by atoms with Gasteiger partial charge in [0.2, 0.25) is 0 Å². The Balaban J connectivity index is 1.84. The standard InChI is InChI=1S/C20H17F2N3O2/c21-20(22)27-16-6-7-18-17(9-16)19(14(10-23)11-24-18)25-12-15(26)8-13-4-2-1-3-5-13/h1-7,9,11,15,20,26H,8,12H2,(H,24,25). The summed E-state index contributed by atoms with van der Waals surface area (Å²) in [5.41, 5.74) is 2.19. The van der Waals surface area contributed by atoms with Crippen LogP contribution in [0.25, 0.3) is 10.9 Å². The normalized spacial score (nSPS) is 12.0. The van der Waals surface area contributed by atoms with Crippen molar-refractivity contribution in [2.45, 2.75) is 19.1 Å². The molecule has 27 heavy (non-hydrogen) atoms. The number of rotatable bonds is 7. The minimum absolute atomic E-state index is 0.0257. The van der Waals surface area contributed by atoms with Gasteiger partial charge >= 0.3 is 6.61 Å². The number of benzene rings is 2. The summed E-state index contributed by atoms with van der Waals surface area (Å²) in [6, 6.07) is 15.9. The highest BCUT2D eigenvalue weighted by atomic mass is 19.3. The van der Waals surface area contributed by atoms with Gasteiger partial charge in [-0.25, -0.2) is 0 Å². The molecule has 1 unspecified atom stereocenters. The fourth-order valence-corrected chi connectivity index (χ4v) is 2.80. The molecule has 3 rings (SSSR count). The van der Waals surface area contributed by atoms with Crippen LogP contribution in [0.2, 0.25) is 0 Å². The molecule has 2 aromatic carbocycles. The zero-order chi connectivity index (χ0) is 19.2. The molecule has 0 saturated heterocycles. The van der Waals surface area contributed by atoms with Crippen LogP contribution >= 0.6 is 0 Å². The van der Waals surface area contributed by atoms with E-state index in [4.69, 9.17) is 0 Å². The monoisotopic (exact) mass is 369 g/mol. The minimum Gasteiger partial charge on any atom is -0.435 e. The van der Waals surface area contributed by atoms with Crippen molar-refractivity contribution in [2.75, 3.05) is 11.9 Å². The van der Waals surface area contributed by atoms with E-state index in [0.717, 1.165) is 5.56 Å². The van der Waals surface area contributed by atoms with Crippen molar-refractivity contribution in [2.24, 2.45) is 0 Å². The lowest BCUT2D eigenvalue weighted by Gasteiger charge is -2.16. The van der Waals surface area contributed by atoms with E-state index in [1.54, 1.807) is 6.07 Å². The largest absolute Gasteiger partial charge is 0.435 e. The number of nitrogens with one attached hydrogen (secondary N) is 1. The van der Waals surface area contributed by atoms with Crippen LogP contribution in [0, 0.1) is 11.3 Å². The number of fused-ring (bicyclic) bond motifs is 1. The maximum Gasteiger partial charge on any atom is 0.387 e. The van der Waals surface area contributed by atoms with Gasteiger partial charge < -0.3 is 15.2 Å². The van der Waals surface area contributed by atoms with E-state index in [-0.39, 0.29) is 17.9 Å². The highest BCUT2D eigenvalue weighted by molar-refractivity contribution is 5.94.